The van der Waals surface area contributed by atoms with Crippen LogP contribution in [0.1, 0.15) is 41.5 Å². The Bertz CT molecular complexity index is 1290. The maximum Gasteiger partial charge on any atom is 0.276 e. The van der Waals surface area contributed by atoms with Crippen LogP contribution >= 0.6 is 11.3 Å². The van der Waals surface area contributed by atoms with Crippen molar-refractivity contribution in [3.8, 4) is 5.69 Å². The number of halogens is 1. The molecule has 2 aromatic heterocycles. The molecule has 40 heavy (non-hydrogen) atoms. The number of carbonyl (C=O) groups excluding carboxylic acids is 2. The summed E-state index contributed by atoms with van der Waals surface area (Å²) in [5, 5.41) is 14.8. The third kappa shape index (κ3) is 6.39. The first-order chi connectivity index (χ1) is 19.4. The molecule has 2 aliphatic heterocycles. The van der Waals surface area contributed by atoms with Crippen molar-refractivity contribution in [1.29, 1.82) is 0 Å². The molecule has 2 fully saturated rings. The quantitative estimate of drug-likeness (QED) is 0.422. The Kier molecular flexibility index (Phi) is 9.18. The lowest BCUT2D eigenvalue weighted by molar-refractivity contribution is -0.140. The lowest BCUT2D eigenvalue weighted by Crippen LogP contribution is -2.56. The summed E-state index contributed by atoms with van der Waals surface area (Å²) >= 11 is 1.53. The molecule has 2 atom stereocenters. The van der Waals surface area contributed by atoms with Crippen LogP contribution in [0.4, 0.5) is 4.39 Å². The van der Waals surface area contributed by atoms with E-state index in [1.807, 2.05) is 15.2 Å². The van der Waals surface area contributed by atoms with Crippen LogP contribution < -0.4 is 5.32 Å². The molecule has 1 N–H and O–H groups in total. The SMILES string of the molecule is CC(C)CN(C(=O)c1nnn(-c2ccccc2F)c1CCc1nccs1)[C@@H]1CNC[C@H](C(=O)N2CCOCC2)C1. The van der Waals surface area contributed by atoms with Gasteiger partial charge in [0.2, 0.25) is 5.91 Å². The first-order valence-corrected chi connectivity index (χ1v) is 14.8. The minimum absolute atomic E-state index is 0.104. The second kappa shape index (κ2) is 13.0. The van der Waals surface area contributed by atoms with Crippen LogP contribution in [-0.2, 0) is 22.4 Å². The zero-order chi connectivity index (χ0) is 28.1. The monoisotopic (exact) mass is 569 g/mol. The van der Waals surface area contributed by atoms with Gasteiger partial charge in [-0.2, -0.15) is 0 Å². The molecule has 2 amide bonds. The van der Waals surface area contributed by atoms with Gasteiger partial charge >= 0.3 is 0 Å². The highest BCUT2D eigenvalue weighted by molar-refractivity contribution is 7.09. The summed E-state index contributed by atoms with van der Waals surface area (Å²) in [4.78, 5) is 35.6. The van der Waals surface area contributed by atoms with Gasteiger partial charge in [0.05, 0.1) is 29.8 Å². The van der Waals surface area contributed by atoms with Crippen LogP contribution in [0.2, 0.25) is 0 Å². The van der Waals surface area contributed by atoms with Crippen molar-refractivity contribution < 1.29 is 18.7 Å². The number of hydrogen-bond acceptors (Lipinski definition) is 8. The van der Waals surface area contributed by atoms with Crippen LogP contribution in [0.3, 0.4) is 0 Å². The zero-order valence-corrected chi connectivity index (χ0v) is 23.8. The summed E-state index contributed by atoms with van der Waals surface area (Å²) in [6.07, 6.45) is 3.31. The molecule has 12 heteroatoms. The van der Waals surface area contributed by atoms with Gasteiger partial charge in [-0.3, -0.25) is 9.59 Å². The Balaban J connectivity index is 1.43. The summed E-state index contributed by atoms with van der Waals surface area (Å²) in [5.74, 6) is -0.622. The molecule has 0 saturated carbocycles. The molecular formula is C28H36FN7O3S. The Morgan fingerprint density at radius 1 is 1.20 bits per heavy atom. The van der Waals surface area contributed by atoms with Crippen molar-refractivity contribution in [1.82, 2.24) is 35.1 Å². The molecule has 0 aliphatic carbocycles. The molecule has 2 saturated heterocycles. The Labute approximate surface area is 237 Å². The van der Waals surface area contributed by atoms with E-state index in [1.165, 1.54) is 22.1 Å². The number of carbonyl (C=O) groups is 2. The largest absolute Gasteiger partial charge is 0.378 e. The number of nitrogens with zero attached hydrogens (tertiary/aromatic N) is 6. The number of thiazole rings is 1. The standard InChI is InChI=1S/C28H36FN7O3S/c1-19(2)18-35(21-15-20(16-30-17-21)27(37)34-10-12-39-13-11-34)28(38)26-24(7-8-25-31-9-14-40-25)36(33-32-26)23-6-4-3-5-22(23)29/h3-6,9,14,19-21,30H,7-8,10-13,15-18H2,1-2H3/t20-,21+/m1/s1. The zero-order valence-electron chi connectivity index (χ0n) is 23.0. The lowest BCUT2D eigenvalue weighted by Gasteiger charge is -2.40. The Hall–Kier alpha value is -3.22. The fraction of sp³-hybridized carbons (Fsp3) is 0.536. The van der Waals surface area contributed by atoms with Gasteiger partial charge < -0.3 is 19.9 Å². The summed E-state index contributed by atoms with van der Waals surface area (Å²) in [7, 11) is 0. The van der Waals surface area contributed by atoms with Crippen molar-refractivity contribution in [3.63, 3.8) is 0 Å². The van der Waals surface area contributed by atoms with Crippen LogP contribution in [0.15, 0.2) is 35.8 Å². The van der Waals surface area contributed by atoms with Crippen LogP contribution in [0.25, 0.3) is 5.69 Å². The maximum atomic E-state index is 14.8. The third-order valence-electron chi connectivity index (χ3n) is 7.37. The number of nitrogens with one attached hydrogen (secondary N) is 1. The van der Waals surface area contributed by atoms with E-state index in [1.54, 1.807) is 24.4 Å². The molecule has 1 aromatic carbocycles. The van der Waals surface area contributed by atoms with Crippen LogP contribution in [-0.4, -0.2) is 93.6 Å². The van der Waals surface area contributed by atoms with E-state index in [0.717, 1.165) is 5.01 Å². The normalized spacial score (nSPS) is 19.6. The molecule has 0 spiro atoms. The summed E-state index contributed by atoms with van der Waals surface area (Å²) in [6.45, 7) is 8.08. The average molecular weight is 570 g/mol. The van der Waals surface area contributed by atoms with Crippen molar-refractivity contribution in [2.24, 2.45) is 11.8 Å². The number of benzene rings is 1. The number of rotatable bonds is 9. The molecule has 2 aliphatic rings. The number of para-hydroxylation sites is 1. The van der Waals surface area contributed by atoms with Crippen molar-refractivity contribution in [2.75, 3.05) is 45.9 Å². The van der Waals surface area contributed by atoms with Gasteiger partial charge in [0.25, 0.3) is 5.91 Å². The number of hydrogen-bond donors (Lipinski definition) is 1. The van der Waals surface area contributed by atoms with Crippen molar-refractivity contribution in [2.45, 2.75) is 39.2 Å². The second-order valence-corrected chi connectivity index (χ2v) is 11.7. The first kappa shape index (κ1) is 28.3. The molecule has 3 aromatic rings. The molecule has 0 unspecified atom stereocenters. The number of morpholine rings is 1. The van der Waals surface area contributed by atoms with E-state index in [2.05, 4.69) is 34.5 Å². The van der Waals surface area contributed by atoms with Crippen LogP contribution in [0.5, 0.6) is 0 Å². The molecule has 4 heterocycles. The number of piperidine rings is 1. The number of amides is 2. The Morgan fingerprint density at radius 2 is 2.00 bits per heavy atom. The Morgan fingerprint density at radius 3 is 2.73 bits per heavy atom. The highest BCUT2D eigenvalue weighted by Gasteiger charge is 2.37. The maximum absolute atomic E-state index is 14.8. The van der Waals surface area contributed by atoms with Gasteiger partial charge in [-0.25, -0.2) is 14.1 Å². The van der Waals surface area contributed by atoms with E-state index in [-0.39, 0.29) is 41.1 Å². The van der Waals surface area contributed by atoms with Gasteiger partial charge in [0.15, 0.2) is 5.69 Å². The predicted molar refractivity (Wildman–Crippen MR) is 149 cm³/mol. The highest BCUT2D eigenvalue weighted by Crippen LogP contribution is 2.25. The van der Waals surface area contributed by atoms with E-state index in [4.69, 9.17) is 4.74 Å². The second-order valence-electron chi connectivity index (χ2n) is 10.7. The summed E-state index contributed by atoms with van der Waals surface area (Å²) < 4.78 is 21.7. The lowest BCUT2D eigenvalue weighted by atomic mass is 9.92. The minimum atomic E-state index is -0.443. The number of ether oxygens (including phenoxy) is 1. The summed E-state index contributed by atoms with van der Waals surface area (Å²) in [5.41, 5.74) is 1.000. The summed E-state index contributed by atoms with van der Waals surface area (Å²) in [6, 6.07) is 6.16. The predicted octanol–water partition coefficient (Wildman–Crippen LogP) is 2.58. The molecule has 0 bridgehead atoms. The molecule has 10 nitrogen and oxygen atoms in total. The average Bonchev–Trinajstić information content (AvgIpc) is 3.65. The molecule has 0 radical (unpaired) electrons. The molecule has 5 rings (SSSR count). The molecular weight excluding hydrogens is 533 g/mol. The van der Waals surface area contributed by atoms with E-state index in [0.29, 0.717) is 70.9 Å². The van der Waals surface area contributed by atoms with E-state index in [9.17, 15) is 14.0 Å². The van der Waals surface area contributed by atoms with E-state index >= 15 is 0 Å². The molecule has 214 valence electrons. The first-order valence-electron chi connectivity index (χ1n) is 13.9. The number of aromatic nitrogens is 4. The number of aryl methyl sites for hydroxylation is 1. The van der Waals surface area contributed by atoms with Crippen LogP contribution in [0, 0.1) is 17.7 Å². The smallest absolute Gasteiger partial charge is 0.276 e. The van der Waals surface area contributed by atoms with Gasteiger partial charge in [0.1, 0.15) is 11.5 Å². The fourth-order valence-electron chi connectivity index (χ4n) is 5.42. The van der Waals surface area contributed by atoms with Gasteiger partial charge in [-0.15, -0.1) is 16.4 Å². The highest BCUT2D eigenvalue weighted by atomic mass is 32.1. The minimum Gasteiger partial charge on any atom is -0.378 e. The van der Waals surface area contributed by atoms with Gasteiger partial charge in [0, 0.05) is 56.8 Å². The van der Waals surface area contributed by atoms with Crippen molar-refractivity contribution >= 4 is 23.2 Å². The van der Waals surface area contributed by atoms with Crippen molar-refractivity contribution in [3.05, 3.63) is 58.1 Å². The topological polar surface area (TPSA) is 105 Å². The van der Waals surface area contributed by atoms with Gasteiger partial charge in [-0.1, -0.05) is 31.2 Å². The van der Waals surface area contributed by atoms with Gasteiger partial charge in [-0.05, 0) is 30.9 Å². The van der Waals surface area contributed by atoms with E-state index < -0.39 is 5.82 Å². The third-order valence-corrected chi connectivity index (χ3v) is 8.21. The fourth-order valence-corrected chi connectivity index (χ4v) is 6.05.